The average Bonchev–Trinajstić information content (AvgIpc) is 3.31. The smallest absolute Gasteiger partial charge is 0.278 e. The van der Waals surface area contributed by atoms with Gasteiger partial charge in [0.15, 0.2) is 5.65 Å². The van der Waals surface area contributed by atoms with Gasteiger partial charge < -0.3 is 14.6 Å². The maximum atomic E-state index is 14.2. The highest BCUT2D eigenvalue weighted by Gasteiger charge is 2.27. The Balaban J connectivity index is 1.70. The Bertz CT molecular complexity index is 1370. The monoisotopic (exact) mass is 484 g/mol. The van der Waals surface area contributed by atoms with Gasteiger partial charge in [0.05, 0.1) is 7.11 Å². The fourth-order valence-electron chi connectivity index (χ4n) is 5.53. The largest absolute Gasteiger partial charge is 0.497 e. The fourth-order valence-corrected chi connectivity index (χ4v) is 5.53. The Kier molecular flexibility index (Phi) is 7.12. The molecule has 1 atom stereocenters. The molecule has 1 unspecified atom stereocenters. The van der Waals surface area contributed by atoms with E-state index in [-0.39, 0.29) is 11.5 Å². The molecule has 6 nitrogen and oxygen atoms in total. The SMILES string of the molecule is CCCCC(c1ccc(OC)cc1)c1c(C)[nH]c2c(N3CCCCC3)c(-c3ccccc3)nn2c1=O. The molecule has 0 radical (unpaired) electrons. The lowest BCUT2D eigenvalue weighted by molar-refractivity contribution is 0.414. The molecule has 1 fully saturated rings. The minimum atomic E-state index is -0.0291. The summed E-state index contributed by atoms with van der Waals surface area (Å²) in [6.07, 6.45) is 6.58. The second kappa shape index (κ2) is 10.6. The number of benzene rings is 2. The van der Waals surface area contributed by atoms with Crippen molar-refractivity contribution in [2.75, 3.05) is 25.1 Å². The van der Waals surface area contributed by atoms with Crippen LogP contribution in [0.3, 0.4) is 0 Å². The van der Waals surface area contributed by atoms with Crippen LogP contribution >= 0.6 is 0 Å². The van der Waals surface area contributed by atoms with Gasteiger partial charge >= 0.3 is 0 Å². The molecule has 0 aliphatic carbocycles. The van der Waals surface area contributed by atoms with Gasteiger partial charge in [0.1, 0.15) is 17.1 Å². The lowest BCUT2D eigenvalue weighted by Gasteiger charge is -2.28. The Hall–Kier alpha value is -3.54. The number of hydrogen-bond donors (Lipinski definition) is 1. The van der Waals surface area contributed by atoms with Crippen molar-refractivity contribution in [1.29, 1.82) is 0 Å². The van der Waals surface area contributed by atoms with Crippen LogP contribution < -0.4 is 15.2 Å². The van der Waals surface area contributed by atoms with Crippen molar-refractivity contribution in [3.8, 4) is 17.0 Å². The van der Waals surface area contributed by atoms with E-state index in [4.69, 9.17) is 9.84 Å². The molecule has 4 aromatic rings. The molecule has 3 heterocycles. The first-order valence-electron chi connectivity index (χ1n) is 13.2. The topological polar surface area (TPSA) is 62.6 Å². The van der Waals surface area contributed by atoms with Gasteiger partial charge in [-0.2, -0.15) is 9.61 Å². The molecule has 5 rings (SSSR count). The number of hydrogen-bond acceptors (Lipinski definition) is 4. The molecule has 1 saturated heterocycles. The van der Waals surface area contributed by atoms with Gasteiger partial charge in [-0.3, -0.25) is 4.79 Å². The molecule has 0 bridgehead atoms. The molecular weight excluding hydrogens is 448 g/mol. The highest BCUT2D eigenvalue weighted by Crippen LogP contribution is 2.36. The zero-order chi connectivity index (χ0) is 25.1. The lowest BCUT2D eigenvalue weighted by atomic mass is 9.87. The van der Waals surface area contributed by atoms with Crippen molar-refractivity contribution in [2.45, 2.75) is 58.3 Å². The van der Waals surface area contributed by atoms with Crippen LogP contribution in [-0.2, 0) is 0 Å². The Labute approximate surface area is 212 Å². The zero-order valence-electron chi connectivity index (χ0n) is 21.6. The van der Waals surface area contributed by atoms with Crippen molar-refractivity contribution < 1.29 is 4.74 Å². The number of nitrogens with one attached hydrogen (secondary N) is 1. The Morgan fingerprint density at radius 3 is 2.42 bits per heavy atom. The van der Waals surface area contributed by atoms with E-state index >= 15 is 0 Å². The van der Waals surface area contributed by atoms with Crippen LogP contribution in [0.1, 0.15) is 68.2 Å². The molecule has 188 valence electrons. The number of aromatic nitrogens is 3. The maximum absolute atomic E-state index is 14.2. The highest BCUT2D eigenvalue weighted by atomic mass is 16.5. The third-order valence-corrected chi connectivity index (χ3v) is 7.43. The molecule has 2 aromatic heterocycles. The summed E-state index contributed by atoms with van der Waals surface area (Å²) >= 11 is 0. The summed E-state index contributed by atoms with van der Waals surface area (Å²) in [6.45, 7) is 6.19. The van der Waals surface area contributed by atoms with E-state index < -0.39 is 0 Å². The summed E-state index contributed by atoms with van der Waals surface area (Å²) in [7, 11) is 1.67. The van der Waals surface area contributed by atoms with Crippen LogP contribution in [-0.4, -0.2) is 34.8 Å². The van der Waals surface area contributed by atoms with Gasteiger partial charge in [-0.05, 0) is 50.3 Å². The van der Waals surface area contributed by atoms with Crippen LogP contribution in [0.2, 0.25) is 0 Å². The number of ether oxygens (including phenoxy) is 1. The summed E-state index contributed by atoms with van der Waals surface area (Å²) in [5.74, 6) is 0.812. The number of anilines is 1. The molecular formula is C30H36N4O2. The number of methoxy groups -OCH3 is 1. The second-order valence-corrected chi connectivity index (χ2v) is 9.81. The third-order valence-electron chi connectivity index (χ3n) is 7.43. The van der Waals surface area contributed by atoms with Gasteiger partial charge in [-0.25, -0.2) is 0 Å². The summed E-state index contributed by atoms with van der Waals surface area (Å²) in [5, 5.41) is 4.95. The fraction of sp³-hybridized carbons (Fsp3) is 0.400. The summed E-state index contributed by atoms with van der Waals surface area (Å²) < 4.78 is 6.99. The van der Waals surface area contributed by atoms with E-state index in [0.717, 1.165) is 90.4 Å². The molecule has 0 spiro atoms. The Morgan fingerprint density at radius 1 is 1.03 bits per heavy atom. The van der Waals surface area contributed by atoms with Crippen molar-refractivity contribution in [2.24, 2.45) is 0 Å². The first-order chi connectivity index (χ1) is 17.6. The van der Waals surface area contributed by atoms with E-state index in [0.29, 0.717) is 0 Å². The highest BCUT2D eigenvalue weighted by molar-refractivity contribution is 5.86. The minimum Gasteiger partial charge on any atom is -0.497 e. The van der Waals surface area contributed by atoms with E-state index in [9.17, 15) is 4.79 Å². The maximum Gasteiger partial charge on any atom is 0.278 e. The number of rotatable bonds is 8. The molecule has 6 heteroatoms. The molecule has 2 aromatic carbocycles. The predicted molar refractivity (Wildman–Crippen MR) is 146 cm³/mol. The van der Waals surface area contributed by atoms with Gasteiger partial charge in [0.2, 0.25) is 0 Å². The third kappa shape index (κ3) is 4.52. The number of H-pyrrole nitrogens is 1. The predicted octanol–water partition coefficient (Wildman–Crippen LogP) is 6.32. The van der Waals surface area contributed by atoms with Crippen LogP contribution in [0.5, 0.6) is 5.75 Å². The number of aryl methyl sites for hydroxylation is 1. The quantitative estimate of drug-likeness (QED) is 0.318. The standard InChI is InChI=1S/C30H36N4O2/c1-4-5-14-25(22-15-17-24(36-3)18-16-22)26-21(2)31-29-28(33-19-10-7-11-20-33)27(32-34(29)30(26)35)23-12-8-6-9-13-23/h6,8-9,12-13,15-18,25,31H,4-5,7,10-11,14,19-20H2,1-3H3. The number of fused-ring (bicyclic) bond motifs is 1. The summed E-state index contributed by atoms with van der Waals surface area (Å²) in [4.78, 5) is 20.2. The van der Waals surface area contributed by atoms with Crippen molar-refractivity contribution >= 4 is 11.3 Å². The van der Waals surface area contributed by atoms with Gasteiger partial charge in [0, 0.05) is 35.8 Å². The van der Waals surface area contributed by atoms with Gasteiger partial charge in [-0.1, -0.05) is 62.2 Å². The van der Waals surface area contributed by atoms with E-state index in [2.05, 4.69) is 41.1 Å². The van der Waals surface area contributed by atoms with Crippen molar-refractivity contribution in [3.63, 3.8) is 0 Å². The molecule has 1 aliphatic rings. The van der Waals surface area contributed by atoms with Crippen LogP contribution in [0.15, 0.2) is 59.4 Å². The molecule has 0 saturated carbocycles. The lowest BCUT2D eigenvalue weighted by Crippen LogP contribution is -2.30. The molecule has 0 amide bonds. The number of aromatic amines is 1. The normalized spacial score (nSPS) is 14.8. The number of nitrogens with zero attached hydrogens (tertiary/aromatic N) is 3. The average molecular weight is 485 g/mol. The molecule has 1 aliphatic heterocycles. The zero-order valence-corrected chi connectivity index (χ0v) is 21.6. The summed E-state index contributed by atoms with van der Waals surface area (Å²) in [5.41, 5.74) is 6.56. The Morgan fingerprint density at radius 2 is 1.75 bits per heavy atom. The van der Waals surface area contributed by atoms with Gasteiger partial charge in [0.25, 0.3) is 5.56 Å². The minimum absolute atomic E-state index is 0.00758. The first-order valence-corrected chi connectivity index (χ1v) is 13.2. The molecule has 36 heavy (non-hydrogen) atoms. The van der Waals surface area contributed by atoms with E-state index in [1.54, 1.807) is 11.6 Å². The van der Waals surface area contributed by atoms with Crippen LogP contribution in [0.25, 0.3) is 16.9 Å². The van der Waals surface area contributed by atoms with E-state index in [1.807, 2.05) is 37.3 Å². The number of unbranched alkanes of at least 4 members (excludes halogenated alkanes) is 1. The van der Waals surface area contributed by atoms with Gasteiger partial charge in [-0.15, -0.1) is 0 Å². The van der Waals surface area contributed by atoms with Crippen molar-refractivity contribution in [1.82, 2.24) is 14.6 Å². The molecule has 1 N–H and O–H groups in total. The second-order valence-electron chi connectivity index (χ2n) is 9.81. The van der Waals surface area contributed by atoms with Crippen LogP contribution in [0, 0.1) is 6.92 Å². The summed E-state index contributed by atoms with van der Waals surface area (Å²) in [6, 6.07) is 18.4. The first kappa shape index (κ1) is 24.2. The van der Waals surface area contributed by atoms with Crippen molar-refractivity contribution in [3.05, 3.63) is 81.8 Å². The number of piperidine rings is 1. The van der Waals surface area contributed by atoms with Crippen LogP contribution in [0.4, 0.5) is 5.69 Å². The van der Waals surface area contributed by atoms with E-state index in [1.165, 1.54) is 6.42 Å².